The number of fused-ring (bicyclic) bond motifs is 1. The maximum absolute atomic E-state index is 14.4. The molecule has 30 heavy (non-hydrogen) atoms. The second-order valence-corrected chi connectivity index (χ2v) is 7.09. The Labute approximate surface area is 176 Å². The normalized spacial score (nSPS) is 12.1. The Morgan fingerprint density at radius 3 is 2.97 bits per heavy atom. The second kappa shape index (κ2) is 8.64. The zero-order chi connectivity index (χ0) is 21.1. The van der Waals surface area contributed by atoms with Crippen molar-refractivity contribution in [1.29, 1.82) is 0 Å². The summed E-state index contributed by atoms with van der Waals surface area (Å²) in [6, 6.07) is 8.88. The summed E-state index contributed by atoms with van der Waals surface area (Å²) in [5.74, 6) is 0.497. The van der Waals surface area contributed by atoms with Crippen LogP contribution in [0.2, 0.25) is 5.02 Å². The highest BCUT2D eigenvalue weighted by atomic mass is 35.5. The Balaban J connectivity index is 1.61. The number of aromatic amines is 1. The van der Waals surface area contributed by atoms with E-state index in [0.29, 0.717) is 27.8 Å². The second-order valence-electron chi connectivity index (χ2n) is 6.65. The van der Waals surface area contributed by atoms with Crippen LogP contribution in [-0.4, -0.2) is 38.3 Å². The van der Waals surface area contributed by atoms with Crippen LogP contribution in [0.1, 0.15) is 18.5 Å². The molecule has 0 saturated heterocycles. The molecule has 1 aromatic carbocycles. The summed E-state index contributed by atoms with van der Waals surface area (Å²) >= 11 is 6.06. The molecule has 0 radical (unpaired) electrons. The third-order valence-corrected chi connectivity index (χ3v) is 4.76. The molecule has 1 unspecified atom stereocenters. The molecule has 3 N–H and O–H groups in total. The number of aromatic nitrogens is 4. The van der Waals surface area contributed by atoms with Crippen molar-refractivity contribution in [3.8, 4) is 17.1 Å². The number of rotatable bonds is 7. The van der Waals surface area contributed by atoms with E-state index in [4.69, 9.17) is 21.4 Å². The highest BCUT2D eigenvalue weighted by Gasteiger charge is 2.16. The topological polar surface area (TPSA) is 96.0 Å². The predicted molar refractivity (Wildman–Crippen MR) is 113 cm³/mol. The number of nitrogens with zero attached hydrogens (tertiary/aromatic N) is 3. The van der Waals surface area contributed by atoms with Crippen molar-refractivity contribution in [2.75, 3.05) is 18.5 Å². The fraction of sp³-hybridized carbons (Fsp3) is 0.190. The fourth-order valence-electron chi connectivity index (χ4n) is 3.09. The average molecular weight is 428 g/mol. The lowest BCUT2D eigenvalue weighted by molar-refractivity contribution is 0.201. The van der Waals surface area contributed by atoms with E-state index in [9.17, 15) is 4.39 Å². The number of aliphatic hydroxyl groups is 1. The third-order valence-electron chi connectivity index (χ3n) is 4.55. The Bertz CT molecular complexity index is 1180. The summed E-state index contributed by atoms with van der Waals surface area (Å²) < 4.78 is 19.9. The van der Waals surface area contributed by atoms with Crippen molar-refractivity contribution in [2.24, 2.45) is 0 Å². The maximum Gasteiger partial charge on any atom is 0.183 e. The molecule has 0 fully saturated rings. The predicted octanol–water partition coefficient (Wildman–Crippen LogP) is 4.36. The first kappa shape index (κ1) is 20.1. The van der Waals surface area contributed by atoms with Gasteiger partial charge in [0.1, 0.15) is 18.0 Å². The Morgan fingerprint density at radius 2 is 2.13 bits per heavy atom. The largest absolute Gasteiger partial charge is 0.491 e. The molecular formula is C21H19ClFN5O2. The van der Waals surface area contributed by atoms with Crippen LogP contribution in [0.25, 0.3) is 22.4 Å². The van der Waals surface area contributed by atoms with Crippen molar-refractivity contribution < 1.29 is 14.2 Å². The van der Waals surface area contributed by atoms with Crippen LogP contribution in [0.15, 0.2) is 48.9 Å². The molecule has 4 rings (SSSR count). The molecule has 0 amide bonds. The quantitative estimate of drug-likeness (QED) is 0.405. The molecule has 0 aliphatic heterocycles. The van der Waals surface area contributed by atoms with Crippen molar-refractivity contribution in [2.45, 2.75) is 13.0 Å². The molecule has 4 aromatic rings. The number of anilines is 1. The van der Waals surface area contributed by atoms with Gasteiger partial charge in [-0.3, -0.25) is 0 Å². The molecule has 0 aliphatic rings. The number of pyridine rings is 1. The lowest BCUT2D eigenvalue weighted by Gasteiger charge is -2.17. The number of nitrogens with one attached hydrogen (secondary N) is 2. The zero-order valence-electron chi connectivity index (χ0n) is 16.1. The summed E-state index contributed by atoms with van der Waals surface area (Å²) in [6.07, 6.45) is 4.40. The van der Waals surface area contributed by atoms with E-state index in [2.05, 4.69) is 25.3 Å². The van der Waals surface area contributed by atoms with Crippen LogP contribution >= 0.6 is 11.6 Å². The van der Waals surface area contributed by atoms with Gasteiger partial charge in [-0.25, -0.2) is 19.3 Å². The summed E-state index contributed by atoms with van der Waals surface area (Å²) in [7, 11) is 0. The van der Waals surface area contributed by atoms with E-state index in [1.54, 1.807) is 24.5 Å². The van der Waals surface area contributed by atoms with Gasteiger partial charge >= 0.3 is 0 Å². The number of aliphatic hydroxyl groups excluding tert-OH is 1. The van der Waals surface area contributed by atoms with Crippen LogP contribution in [-0.2, 0) is 0 Å². The minimum atomic E-state index is -0.561. The van der Waals surface area contributed by atoms with Gasteiger partial charge in [0.15, 0.2) is 17.5 Å². The number of hydrogen-bond donors (Lipinski definition) is 3. The van der Waals surface area contributed by atoms with Gasteiger partial charge in [-0.1, -0.05) is 23.7 Å². The van der Waals surface area contributed by atoms with Gasteiger partial charge in [0.05, 0.1) is 23.9 Å². The van der Waals surface area contributed by atoms with Gasteiger partial charge in [-0.05, 0) is 30.7 Å². The Hall–Kier alpha value is -3.23. The van der Waals surface area contributed by atoms with Gasteiger partial charge < -0.3 is 20.1 Å². The first-order valence-electron chi connectivity index (χ1n) is 9.31. The maximum atomic E-state index is 14.4. The Morgan fingerprint density at radius 1 is 1.27 bits per heavy atom. The molecule has 0 spiro atoms. The van der Waals surface area contributed by atoms with Gasteiger partial charge in [-0.2, -0.15) is 0 Å². The number of H-pyrrole nitrogens is 1. The highest BCUT2D eigenvalue weighted by Crippen LogP contribution is 2.29. The van der Waals surface area contributed by atoms with Crippen molar-refractivity contribution in [3.05, 3.63) is 65.3 Å². The van der Waals surface area contributed by atoms with Gasteiger partial charge in [0.2, 0.25) is 0 Å². The molecule has 9 heteroatoms. The summed E-state index contributed by atoms with van der Waals surface area (Å²) in [5.41, 5.74) is 2.20. The fourth-order valence-corrected chi connectivity index (χ4v) is 3.24. The monoisotopic (exact) mass is 427 g/mol. The molecule has 3 heterocycles. The van der Waals surface area contributed by atoms with Crippen LogP contribution in [0, 0.1) is 5.82 Å². The van der Waals surface area contributed by atoms with E-state index >= 15 is 0 Å². The van der Waals surface area contributed by atoms with E-state index in [-0.39, 0.29) is 25.1 Å². The summed E-state index contributed by atoms with van der Waals surface area (Å²) in [4.78, 5) is 15.8. The van der Waals surface area contributed by atoms with Crippen molar-refractivity contribution >= 4 is 28.5 Å². The van der Waals surface area contributed by atoms with Crippen molar-refractivity contribution in [3.63, 3.8) is 0 Å². The first-order valence-corrected chi connectivity index (χ1v) is 9.68. The van der Waals surface area contributed by atoms with E-state index in [1.807, 2.05) is 25.1 Å². The first-order chi connectivity index (χ1) is 14.5. The average Bonchev–Trinajstić information content (AvgIpc) is 3.17. The lowest BCUT2D eigenvalue weighted by atomic mass is 10.1. The van der Waals surface area contributed by atoms with E-state index < -0.39 is 5.82 Å². The van der Waals surface area contributed by atoms with Gasteiger partial charge in [0, 0.05) is 23.3 Å². The van der Waals surface area contributed by atoms with E-state index in [1.165, 1.54) is 0 Å². The van der Waals surface area contributed by atoms with Crippen LogP contribution < -0.4 is 10.1 Å². The number of halogens is 2. The van der Waals surface area contributed by atoms with Gasteiger partial charge in [-0.15, -0.1) is 0 Å². The molecule has 7 nitrogen and oxygen atoms in total. The third kappa shape index (κ3) is 4.19. The molecule has 0 bridgehead atoms. The molecule has 154 valence electrons. The minimum absolute atomic E-state index is 0.0679. The number of hydrogen-bond acceptors (Lipinski definition) is 6. The van der Waals surface area contributed by atoms with E-state index in [0.717, 1.165) is 17.1 Å². The molecule has 0 aliphatic carbocycles. The van der Waals surface area contributed by atoms with Crippen molar-refractivity contribution in [1.82, 2.24) is 19.9 Å². The molecule has 3 aromatic heterocycles. The minimum Gasteiger partial charge on any atom is -0.491 e. The van der Waals surface area contributed by atoms with Crippen LogP contribution in [0.4, 0.5) is 10.2 Å². The molecule has 1 atom stereocenters. The lowest BCUT2D eigenvalue weighted by Crippen LogP contribution is -2.11. The summed E-state index contributed by atoms with van der Waals surface area (Å²) in [6.45, 7) is 2.03. The summed E-state index contributed by atoms with van der Waals surface area (Å²) in [5, 5.41) is 13.2. The SMILES string of the molecule is CC(Nc1nc(-c2c[nH]c3ncc(Cl)cc23)ncc1F)c1cccc(OCCO)c1. The molecule has 0 saturated carbocycles. The zero-order valence-corrected chi connectivity index (χ0v) is 16.8. The number of benzene rings is 1. The molecular weight excluding hydrogens is 409 g/mol. The number of ether oxygens (including phenoxy) is 1. The standard InChI is InChI=1S/C21H19ClFN5O2/c1-12(13-3-2-4-15(7-13)30-6-5-29)27-21-18(23)11-26-20(28-21)17-10-25-19-16(17)8-14(22)9-24-19/h2-4,7-12,29H,5-6H2,1H3,(H,24,25)(H,26,27,28). The van der Waals surface area contributed by atoms with Crippen LogP contribution in [0.5, 0.6) is 5.75 Å². The van der Waals surface area contributed by atoms with Crippen LogP contribution in [0.3, 0.4) is 0 Å². The highest BCUT2D eigenvalue weighted by molar-refractivity contribution is 6.31. The Kier molecular flexibility index (Phi) is 5.78. The van der Waals surface area contributed by atoms with Gasteiger partial charge in [0.25, 0.3) is 0 Å². The smallest absolute Gasteiger partial charge is 0.183 e.